The van der Waals surface area contributed by atoms with Gasteiger partial charge in [0.15, 0.2) is 0 Å². The summed E-state index contributed by atoms with van der Waals surface area (Å²) in [5.41, 5.74) is 1.51. The Hall–Kier alpha value is -2.17. The molecule has 0 bridgehead atoms. The summed E-state index contributed by atoms with van der Waals surface area (Å²) in [4.78, 5) is 14.3. The first-order chi connectivity index (χ1) is 7.20. The normalized spacial score (nSPS) is 10.2. The number of hydrogen-bond acceptors (Lipinski definition) is 3. The molecule has 0 spiro atoms. The molecule has 0 unspecified atom stereocenters. The maximum absolute atomic E-state index is 10.8. The fraction of sp³-hybridized carbons (Fsp3) is 0.100. The standard InChI is InChI=1S/C10H9N3O2/c1-8-3-2-4-9(13(14)15)10(8)12-6-5-11-7-12/h2-7H,1H3. The van der Waals surface area contributed by atoms with Crippen molar-refractivity contribution in [1.29, 1.82) is 0 Å². The summed E-state index contributed by atoms with van der Waals surface area (Å²) < 4.78 is 1.65. The molecule has 0 saturated carbocycles. The van der Waals surface area contributed by atoms with Gasteiger partial charge in [-0.25, -0.2) is 4.98 Å². The van der Waals surface area contributed by atoms with E-state index in [9.17, 15) is 10.1 Å². The third kappa shape index (κ3) is 1.59. The van der Waals surface area contributed by atoms with E-state index in [4.69, 9.17) is 0 Å². The van der Waals surface area contributed by atoms with Gasteiger partial charge in [0.05, 0.1) is 11.3 Å². The molecule has 0 saturated heterocycles. The minimum absolute atomic E-state index is 0.0907. The fourth-order valence-electron chi connectivity index (χ4n) is 1.52. The molecule has 1 aromatic heterocycles. The highest BCUT2D eigenvalue weighted by Gasteiger charge is 2.16. The lowest BCUT2D eigenvalue weighted by Crippen LogP contribution is -2.00. The summed E-state index contributed by atoms with van der Waals surface area (Å²) in [5.74, 6) is 0. The lowest BCUT2D eigenvalue weighted by atomic mass is 10.1. The Bertz CT molecular complexity index is 491. The van der Waals surface area contributed by atoms with Gasteiger partial charge in [0.2, 0.25) is 0 Å². The Balaban J connectivity index is 2.68. The second-order valence-electron chi connectivity index (χ2n) is 3.17. The second kappa shape index (κ2) is 3.53. The average molecular weight is 203 g/mol. The summed E-state index contributed by atoms with van der Waals surface area (Å²) in [5, 5.41) is 10.8. The van der Waals surface area contributed by atoms with Gasteiger partial charge in [-0.2, -0.15) is 0 Å². The van der Waals surface area contributed by atoms with E-state index in [1.165, 1.54) is 6.07 Å². The SMILES string of the molecule is Cc1cccc([N+](=O)[O-])c1-n1ccnc1. The van der Waals surface area contributed by atoms with Crippen molar-refractivity contribution in [3.8, 4) is 5.69 Å². The number of aromatic nitrogens is 2. The first-order valence-electron chi connectivity index (χ1n) is 4.42. The molecule has 0 fully saturated rings. The summed E-state index contributed by atoms with van der Waals surface area (Å²) in [6.45, 7) is 1.84. The van der Waals surface area contributed by atoms with E-state index in [-0.39, 0.29) is 10.6 Å². The topological polar surface area (TPSA) is 61.0 Å². The van der Waals surface area contributed by atoms with Gasteiger partial charge in [-0.15, -0.1) is 0 Å². The summed E-state index contributed by atoms with van der Waals surface area (Å²) in [7, 11) is 0. The molecule has 1 heterocycles. The van der Waals surface area contributed by atoms with Gasteiger partial charge in [0, 0.05) is 18.5 Å². The number of nitro groups is 1. The van der Waals surface area contributed by atoms with Crippen molar-refractivity contribution in [3.05, 3.63) is 52.6 Å². The molecule has 5 heteroatoms. The highest BCUT2D eigenvalue weighted by Crippen LogP contribution is 2.25. The molecular formula is C10H9N3O2. The van der Waals surface area contributed by atoms with Crippen molar-refractivity contribution in [3.63, 3.8) is 0 Å². The molecule has 0 N–H and O–H groups in total. The number of benzene rings is 1. The molecule has 2 rings (SSSR count). The van der Waals surface area contributed by atoms with Gasteiger partial charge >= 0.3 is 0 Å². The molecule has 2 aromatic rings. The molecule has 5 nitrogen and oxygen atoms in total. The Labute approximate surface area is 86.1 Å². The quantitative estimate of drug-likeness (QED) is 0.554. The minimum Gasteiger partial charge on any atom is -0.300 e. The van der Waals surface area contributed by atoms with Crippen LogP contribution in [-0.2, 0) is 0 Å². The number of imidazole rings is 1. The largest absolute Gasteiger partial charge is 0.300 e. The molecule has 15 heavy (non-hydrogen) atoms. The number of rotatable bonds is 2. The van der Waals surface area contributed by atoms with Crippen LogP contribution in [0, 0.1) is 17.0 Å². The van der Waals surface area contributed by atoms with Crippen LogP contribution < -0.4 is 0 Å². The zero-order valence-electron chi connectivity index (χ0n) is 8.12. The van der Waals surface area contributed by atoms with Crippen LogP contribution in [0.3, 0.4) is 0 Å². The van der Waals surface area contributed by atoms with Crippen LogP contribution in [0.15, 0.2) is 36.9 Å². The number of para-hydroxylation sites is 1. The fourth-order valence-corrected chi connectivity index (χ4v) is 1.52. The number of hydrogen-bond donors (Lipinski definition) is 0. The van der Waals surface area contributed by atoms with Crippen LogP contribution in [-0.4, -0.2) is 14.5 Å². The van der Waals surface area contributed by atoms with E-state index < -0.39 is 0 Å². The third-order valence-corrected chi connectivity index (χ3v) is 2.18. The summed E-state index contributed by atoms with van der Waals surface area (Å²) in [6, 6.07) is 5.00. The lowest BCUT2D eigenvalue weighted by molar-refractivity contribution is -0.384. The van der Waals surface area contributed by atoms with Crippen LogP contribution in [0.2, 0.25) is 0 Å². The van der Waals surface area contributed by atoms with Crippen molar-refractivity contribution < 1.29 is 4.92 Å². The van der Waals surface area contributed by atoms with Crippen molar-refractivity contribution in [2.24, 2.45) is 0 Å². The van der Waals surface area contributed by atoms with Crippen LogP contribution in [0.25, 0.3) is 5.69 Å². The zero-order valence-corrected chi connectivity index (χ0v) is 8.12. The van der Waals surface area contributed by atoms with E-state index in [0.717, 1.165) is 5.56 Å². The van der Waals surface area contributed by atoms with Crippen molar-refractivity contribution >= 4 is 5.69 Å². The van der Waals surface area contributed by atoms with E-state index in [0.29, 0.717) is 5.69 Å². The maximum atomic E-state index is 10.8. The third-order valence-electron chi connectivity index (χ3n) is 2.18. The van der Waals surface area contributed by atoms with E-state index in [1.807, 2.05) is 13.0 Å². The summed E-state index contributed by atoms with van der Waals surface area (Å²) in [6.07, 6.45) is 4.83. The van der Waals surface area contributed by atoms with E-state index in [1.54, 1.807) is 29.4 Å². The molecular weight excluding hydrogens is 194 g/mol. The van der Waals surface area contributed by atoms with Crippen LogP contribution in [0.5, 0.6) is 0 Å². The molecule has 0 radical (unpaired) electrons. The zero-order chi connectivity index (χ0) is 10.8. The van der Waals surface area contributed by atoms with Crippen molar-refractivity contribution in [2.45, 2.75) is 6.92 Å². The van der Waals surface area contributed by atoms with Crippen LogP contribution in [0.1, 0.15) is 5.56 Å². The first-order valence-corrected chi connectivity index (χ1v) is 4.42. The number of nitrogens with zero attached hydrogens (tertiary/aromatic N) is 3. The van der Waals surface area contributed by atoms with Crippen molar-refractivity contribution in [2.75, 3.05) is 0 Å². The highest BCUT2D eigenvalue weighted by atomic mass is 16.6. The van der Waals surface area contributed by atoms with Crippen LogP contribution >= 0.6 is 0 Å². The average Bonchev–Trinajstić information content (AvgIpc) is 2.70. The highest BCUT2D eigenvalue weighted by molar-refractivity contribution is 5.57. The molecule has 0 amide bonds. The van der Waals surface area contributed by atoms with Crippen LogP contribution in [0.4, 0.5) is 5.69 Å². The lowest BCUT2D eigenvalue weighted by Gasteiger charge is -2.06. The predicted molar refractivity (Wildman–Crippen MR) is 55.0 cm³/mol. The number of nitro benzene ring substituents is 1. The first kappa shape index (κ1) is 9.39. The van der Waals surface area contributed by atoms with Gasteiger partial charge < -0.3 is 0 Å². The minimum atomic E-state index is -0.387. The molecule has 1 aromatic carbocycles. The Kier molecular flexibility index (Phi) is 2.21. The molecule has 0 aliphatic heterocycles. The monoisotopic (exact) mass is 203 g/mol. The van der Waals surface area contributed by atoms with E-state index >= 15 is 0 Å². The Morgan fingerprint density at radius 2 is 2.27 bits per heavy atom. The molecule has 0 aliphatic carbocycles. The van der Waals surface area contributed by atoms with Gasteiger partial charge in [0.1, 0.15) is 5.69 Å². The van der Waals surface area contributed by atoms with Gasteiger partial charge in [-0.1, -0.05) is 12.1 Å². The van der Waals surface area contributed by atoms with Gasteiger partial charge in [-0.05, 0) is 12.5 Å². The molecule has 0 aliphatic rings. The Morgan fingerprint density at radius 1 is 1.47 bits per heavy atom. The number of aryl methyl sites for hydroxylation is 1. The van der Waals surface area contributed by atoms with E-state index in [2.05, 4.69) is 4.98 Å². The van der Waals surface area contributed by atoms with Crippen molar-refractivity contribution in [1.82, 2.24) is 9.55 Å². The summed E-state index contributed by atoms with van der Waals surface area (Å²) >= 11 is 0. The Morgan fingerprint density at radius 3 is 2.87 bits per heavy atom. The second-order valence-corrected chi connectivity index (χ2v) is 3.17. The maximum Gasteiger partial charge on any atom is 0.293 e. The van der Waals surface area contributed by atoms with Gasteiger partial charge in [0.25, 0.3) is 5.69 Å². The molecule has 0 atom stereocenters. The predicted octanol–water partition coefficient (Wildman–Crippen LogP) is 2.09. The smallest absolute Gasteiger partial charge is 0.293 e. The molecule has 76 valence electrons. The van der Waals surface area contributed by atoms with Gasteiger partial charge in [-0.3, -0.25) is 14.7 Å².